The number of benzene rings is 1. The van der Waals surface area contributed by atoms with Gasteiger partial charge >= 0.3 is 5.70 Å². The van der Waals surface area contributed by atoms with E-state index < -0.39 is 10.7 Å². The van der Waals surface area contributed by atoms with Crippen LogP contribution < -0.4 is 0 Å². The minimum atomic E-state index is -0.658. The normalized spacial score (nSPS) is 11.2. The molecular formula is C11H11NO3. The van der Waals surface area contributed by atoms with Crippen LogP contribution in [0.15, 0.2) is 30.0 Å². The summed E-state index contributed by atoms with van der Waals surface area (Å²) in [4.78, 5) is 20.9. The van der Waals surface area contributed by atoms with Crippen LogP contribution in [-0.2, 0) is 4.79 Å². The van der Waals surface area contributed by atoms with Crippen molar-refractivity contribution in [2.75, 3.05) is 0 Å². The summed E-state index contributed by atoms with van der Waals surface area (Å²) in [6, 6.07) is 7.19. The first kappa shape index (κ1) is 11.1. The number of ketones is 1. The lowest BCUT2D eigenvalue weighted by molar-refractivity contribution is -0.417. The van der Waals surface area contributed by atoms with Crippen LogP contribution in [0.2, 0.25) is 0 Å². The first-order valence-electron chi connectivity index (χ1n) is 4.45. The Morgan fingerprint density at radius 1 is 1.40 bits per heavy atom. The Labute approximate surface area is 87.4 Å². The molecule has 78 valence electrons. The van der Waals surface area contributed by atoms with E-state index in [9.17, 15) is 14.9 Å². The highest BCUT2D eigenvalue weighted by atomic mass is 16.6. The van der Waals surface area contributed by atoms with Crippen molar-refractivity contribution in [3.63, 3.8) is 0 Å². The molecule has 0 fully saturated rings. The smallest absolute Gasteiger partial charge is 0.288 e. The van der Waals surface area contributed by atoms with Gasteiger partial charge in [0.2, 0.25) is 5.78 Å². The van der Waals surface area contributed by atoms with Gasteiger partial charge < -0.3 is 0 Å². The second-order valence-corrected chi connectivity index (χ2v) is 3.20. The van der Waals surface area contributed by atoms with Crippen molar-refractivity contribution in [1.82, 2.24) is 0 Å². The van der Waals surface area contributed by atoms with E-state index in [1.54, 1.807) is 12.1 Å². The first-order chi connectivity index (χ1) is 7.02. The molecule has 4 heteroatoms. The van der Waals surface area contributed by atoms with Crippen LogP contribution in [0.4, 0.5) is 0 Å². The number of nitrogens with zero attached hydrogens (tertiary/aromatic N) is 1. The summed E-state index contributed by atoms with van der Waals surface area (Å²) in [6.07, 6.45) is 1.30. The van der Waals surface area contributed by atoms with Gasteiger partial charge in [0.05, 0.1) is 4.92 Å². The van der Waals surface area contributed by atoms with Gasteiger partial charge in [-0.15, -0.1) is 0 Å². The molecule has 0 amide bonds. The Balaban J connectivity index is 3.19. The van der Waals surface area contributed by atoms with Gasteiger partial charge in [-0.1, -0.05) is 24.3 Å². The molecule has 0 aliphatic rings. The lowest BCUT2D eigenvalue weighted by atomic mass is 10.1. The fourth-order valence-corrected chi connectivity index (χ4v) is 1.18. The maximum Gasteiger partial charge on any atom is 0.312 e. The Bertz CT molecular complexity index is 419. The number of aryl methyl sites for hydroxylation is 1. The zero-order valence-corrected chi connectivity index (χ0v) is 8.56. The predicted molar refractivity (Wildman–Crippen MR) is 56.8 cm³/mol. The number of rotatable bonds is 3. The van der Waals surface area contributed by atoms with Gasteiger partial charge in [-0.05, 0) is 18.1 Å². The Kier molecular flexibility index (Phi) is 3.33. The molecule has 0 aromatic heterocycles. The van der Waals surface area contributed by atoms with Gasteiger partial charge in [0.25, 0.3) is 0 Å². The quantitative estimate of drug-likeness (QED) is 0.431. The highest BCUT2D eigenvalue weighted by Crippen LogP contribution is 2.12. The number of nitro groups is 1. The Hall–Kier alpha value is -1.97. The van der Waals surface area contributed by atoms with Crippen molar-refractivity contribution >= 4 is 11.9 Å². The minimum absolute atomic E-state index is 0.385. The van der Waals surface area contributed by atoms with Gasteiger partial charge in [-0.3, -0.25) is 14.9 Å². The molecule has 4 nitrogen and oxygen atoms in total. The minimum Gasteiger partial charge on any atom is -0.288 e. The van der Waals surface area contributed by atoms with E-state index >= 15 is 0 Å². The van der Waals surface area contributed by atoms with Gasteiger partial charge in [0.15, 0.2) is 0 Å². The highest BCUT2D eigenvalue weighted by Gasteiger charge is 2.16. The summed E-state index contributed by atoms with van der Waals surface area (Å²) >= 11 is 0. The van der Waals surface area contributed by atoms with Gasteiger partial charge in [0.1, 0.15) is 0 Å². The summed E-state index contributed by atoms with van der Waals surface area (Å²) < 4.78 is 0. The Morgan fingerprint density at radius 2 is 2.00 bits per heavy atom. The lowest BCUT2D eigenvalue weighted by Gasteiger charge is -1.98. The molecule has 0 aliphatic heterocycles. The van der Waals surface area contributed by atoms with Crippen molar-refractivity contribution in [3.05, 3.63) is 51.2 Å². The summed E-state index contributed by atoms with van der Waals surface area (Å²) in [5, 5.41) is 10.6. The van der Waals surface area contributed by atoms with Gasteiger partial charge in [0, 0.05) is 13.0 Å². The van der Waals surface area contributed by atoms with Gasteiger partial charge in [-0.2, -0.15) is 0 Å². The van der Waals surface area contributed by atoms with Crippen molar-refractivity contribution in [2.45, 2.75) is 13.8 Å². The van der Waals surface area contributed by atoms with E-state index in [1.165, 1.54) is 13.0 Å². The van der Waals surface area contributed by atoms with Crippen molar-refractivity contribution in [3.8, 4) is 0 Å². The molecule has 0 heterocycles. The summed E-state index contributed by atoms with van der Waals surface area (Å²) in [5.74, 6) is -0.539. The van der Waals surface area contributed by atoms with Crippen LogP contribution in [0.3, 0.4) is 0 Å². The molecule has 0 N–H and O–H groups in total. The zero-order chi connectivity index (χ0) is 11.4. The standard InChI is InChI=1S/C11H11NO3/c1-8-5-3-4-6-10(8)7-11(9(2)13)12(14)15/h3-7H,1-2H3. The molecule has 0 aliphatic carbocycles. The van der Waals surface area contributed by atoms with Crippen LogP contribution in [-0.4, -0.2) is 10.7 Å². The summed E-state index contributed by atoms with van der Waals surface area (Å²) in [5.41, 5.74) is 1.21. The second-order valence-electron chi connectivity index (χ2n) is 3.20. The molecule has 0 bridgehead atoms. The van der Waals surface area contributed by atoms with Crippen LogP contribution in [0, 0.1) is 17.0 Å². The molecule has 0 spiro atoms. The number of hydrogen-bond donors (Lipinski definition) is 0. The monoisotopic (exact) mass is 205 g/mol. The van der Waals surface area contributed by atoms with E-state index in [4.69, 9.17) is 0 Å². The van der Waals surface area contributed by atoms with Crippen LogP contribution >= 0.6 is 0 Å². The molecule has 1 rings (SSSR count). The predicted octanol–water partition coefficient (Wildman–Crippen LogP) is 2.20. The molecule has 0 atom stereocenters. The summed E-state index contributed by atoms with van der Waals surface area (Å²) in [7, 11) is 0. The highest BCUT2D eigenvalue weighted by molar-refractivity contribution is 5.95. The molecule has 0 saturated carbocycles. The van der Waals surface area contributed by atoms with E-state index in [1.807, 2.05) is 19.1 Å². The van der Waals surface area contributed by atoms with E-state index in [0.717, 1.165) is 5.56 Å². The van der Waals surface area contributed by atoms with Crippen molar-refractivity contribution in [1.29, 1.82) is 0 Å². The fraction of sp³-hybridized carbons (Fsp3) is 0.182. The topological polar surface area (TPSA) is 60.2 Å². The summed E-state index contributed by atoms with van der Waals surface area (Å²) in [6.45, 7) is 3.02. The van der Waals surface area contributed by atoms with Crippen LogP contribution in [0.25, 0.3) is 6.08 Å². The zero-order valence-electron chi connectivity index (χ0n) is 8.56. The molecule has 0 unspecified atom stereocenters. The molecule has 15 heavy (non-hydrogen) atoms. The third kappa shape index (κ3) is 2.74. The molecule has 1 aromatic carbocycles. The van der Waals surface area contributed by atoms with Crippen LogP contribution in [0.5, 0.6) is 0 Å². The van der Waals surface area contributed by atoms with E-state index in [2.05, 4.69) is 0 Å². The molecular weight excluding hydrogens is 194 g/mol. The largest absolute Gasteiger partial charge is 0.312 e. The fourth-order valence-electron chi connectivity index (χ4n) is 1.18. The average molecular weight is 205 g/mol. The third-order valence-corrected chi connectivity index (χ3v) is 2.04. The SMILES string of the molecule is CC(=O)C(=Cc1ccccc1C)[N+](=O)[O-]. The third-order valence-electron chi connectivity index (χ3n) is 2.04. The second kappa shape index (κ2) is 4.50. The van der Waals surface area contributed by atoms with Crippen molar-refractivity contribution in [2.24, 2.45) is 0 Å². The number of Topliss-reactive ketones (excluding diaryl/α,β-unsaturated/α-hetero) is 1. The maximum absolute atomic E-state index is 11.0. The maximum atomic E-state index is 11.0. The number of allylic oxidation sites excluding steroid dienone is 1. The van der Waals surface area contributed by atoms with Crippen LogP contribution in [0.1, 0.15) is 18.1 Å². The van der Waals surface area contributed by atoms with Gasteiger partial charge in [-0.25, -0.2) is 0 Å². The first-order valence-corrected chi connectivity index (χ1v) is 4.45. The Morgan fingerprint density at radius 3 is 2.47 bits per heavy atom. The van der Waals surface area contributed by atoms with E-state index in [0.29, 0.717) is 5.56 Å². The number of carbonyl (C=O) groups excluding carboxylic acids is 1. The number of carbonyl (C=O) groups is 1. The van der Waals surface area contributed by atoms with E-state index in [-0.39, 0.29) is 5.70 Å². The number of hydrogen-bond acceptors (Lipinski definition) is 3. The molecule has 1 aromatic rings. The average Bonchev–Trinajstić information content (AvgIpc) is 2.15. The van der Waals surface area contributed by atoms with Crippen molar-refractivity contribution < 1.29 is 9.72 Å². The molecule has 0 saturated heterocycles. The molecule has 0 radical (unpaired) electrons. The lowest BCUT2D eigenvalue weighted by Crippen LogP contribution is -2.07.